The molecule has 0 bridgehead atoms. The molecule has 1 atom stereocenters. The van der Waals surface area contributed by atoms with Crippen LogP contribution in [0.3, 0.4) is 0 Å². The molecule has 1 aliphatic carbocycles. The van der Waals surface area contributed by atoms with Gasteiger partial charge in [0.25, 0.3) is 10.0 Å². The first kappa shape index (κ1) is 21.5. The molecule has 2 aliphatic rings. The highest BCUT2D eigenvalue weighted by atomic mass is 32.2. The van der Waals surface area contributed by atoms with Crippen molar-refractivity contribution >= 4 is 27.2 Å². The number of sulfonamides is 1. The van der Waals surface area contributed by atoms with Crippen molar-refractivity contribution in [3.63, 3.8) is 0 Å². The summed E-state index contributed by atoms with van der Waals surface area (Å²) >= 11 is 0. The first-order chi connectivity index (χ1) is 16.0. The van der Waals surface area contributed by atoms with Crippen molar-refractivity contribution in [3.05, 3.63) is 89.5 Å². The predicted molar refractivity (Wildman–Crippen MR) is 127 cm³/mol. The van der Waals surface area contributed by atoms with E-state index in [2.05, 4.69) is 12.2 Å². The molecule has 0 saturated heterocycles. The zero-order chi connectivity index (χ0) is 23.0. The number of furan rings is 1. The summed E-state index contributed by atoms with van der Waals surface area (Å²) in [5, 5.41) is 3.37. The lowest BCUT2D eigenvalue weighted by Crippen LogP contribution is -2.37. The van der Waals surface area contributed by atoms with Gasteiger partial charge in [0.1, 0.15) is 11.8 Å². The number of carbonyl (C=O) groups excluding carboxylic acids is 1. The van der Waals surface area contributed by atoms with Crippen LogP contribution in [-0.2, 0) is 21.2 Å². The molecule has 0 amide bonds. The third kappa shape index (κ3) is 3.76. The maximum absolute atomic E-state index is 14.2. The van der Waals surface area contributed by atoms with Crippen LogP contribution in [0.15, 0.2) is 87.5 Å². The number of nitrogens with zero attached hydrogens (tertiary/aromatic N) is 1. The average Bonchev–Trinajstić information content (AvgIpc) is 3.29. The third-order valence-corrected chi connectivity index (χ3v) is 8.02. The van der Waals surface area contributed by atoms with Gasteiger partial charge >= 0.3 is 0 Å². The number of fused-ring (bicyclic) bond motifs is 1. The predicted octanol–water partition coefficient (Wildman–Crippen LogP) is 5.60. The number of hydrogen-bond donors (Lipinski definition) is 1. The van der Waals surface area contributed by atoms with Crippen LogP contribution in [0.2, 0.25) is 0 Å². The Morgan fingerprint density at radius 3 is 2.55 bits per heavy atom. The van der Waals surface area contributed by atoms with Gasteiger partial charge in [0, 0.05) is 17.7 Å². The second-order valence-corrected chi connectivity index (χ2v) is 10.2. The van der Waals surface area contributed by atoms with Crippen molar-refractivity contribution in [3.8, 4) is 0 Å². The highest BCUT2D eigenvalue weighted by Crippen LogP contribution is 2.47. The molecule has 2 heterocycles. The number of ketones is 1. The number of anilines is 2. The van der Waals surface area contributed by atoms with Crippen LogP contribution in [0.5, 0.6) is 0 Å². The van der Waals surface area contributed by atoms with Gasteiger partial charge in [0.2, 0.25) is 0 Å². The lowest BCUT2D eigenvalue weighted by atomic mass is 9.89. The van der Waals surface area contributed by atoms with E-state index >= 15 is 0 Å². The van der Waals surface area contributed by atoms with E-state index in [0.29, 0.717) is 35.5 Å². The number of para-hydroxylation sites is 2. The lowest BCUT2D eigenvalue weighted by Gasteiger charge is -2.33. The molecule has 6 nitrogen and oxygen atoms in total. The molecule has 1 N–H and O–H groups in total. The summed E-state index contributed by atoms with van der Waals surface area (Å²) in [5.41, 5.74) is 3.44. The Kier molecular flexibility index (Phi) is 5.58. The van der Waals surface area contributed by atoms with Crippen LogP contribution < -0.4 is 9.62 Å². The van der Waals surface area contributed by atoms with Gasteiger partial charge in [0.05, 0.1) is 22.5 Å². The molecule has 0 fully saturated rings. The van der Waals surface area contributed by atoms with Crippen molar-refractivity contribution in [2.24, 2.45) is 0 Å². The van der Waals surface area contributed by atoms with Gasteiger partial charge in [-0.2, -0.15) is 0 Å². The number of benzene rings is 2. The normalized spacial score (nSPS) is 18.4. The first-order valence-corrected chi connectivity index (χ1v) is 12.7. The number of carbonyl (C=O) groups is 1. The van der Waals surface area contributed by atoms with Crippen LogP contribution >= 0.6 is 0 Å². The fourth-order valence-electron chi connectivity index (χ4n) is 4.70. The quantitative estimate of drug-likeness (QED) is 0.534. The van der Waals surface area contributed by atoms with E-state index in [9.17, 15) is 13.2 Å². The zero-order valence-corrected chi connectivity index (χ0v) is 19.3. The third-order valence-electron chi connectivity index (χ3n) is 6.22. The van der Waals surface area contributed by atoms with E-state index in [1.165, 1.54) is 10.6 Å². The van der Waals surface area contributed by atoms with Gasteiger partial charge in [-0.3, -0.25) is 4.79 Å². The summed E-state index contributed by atoms with van der Waals surface area (Å²) in [5.74, 6) is 0.360. The Morgan fingerprint density at radius 1 is 1.03 bits per heavy atom. The standard InChI is InChI=1S/C26H26N2O4S/c1-2-7-18-13-15-19(16-14-18)33(30,31)28-22-10-4-3-8-20(22)27-21-9-5-11-23(29)25(21)26(28)24-12-6-17-32-24/h3-4,6,8,10,12-17,26-27H,2,5,7,9,11H2,1H3/t26-/m1/s1. The van der Waals surface area contributed by atoms with Crippen LogP contribution in [0.4, 0.5) is 11.4 Å². The fourth-order valence-corrected chi connectivity index (χ4v) is 6.32. The molecule has 0 unspecified atom stereocenters. The number of hydrogen-bond acceptors (Lipinski definition) is 5. The molecule has 170 valence electrons. The van der Waals surface area contributed by atoms with Crippen molar-refractivity contribution in [2.45, 2.75) is 50.0 Å². The number of nitrogens with one attached hydrogen (secondary N) is 1. The molecule has 33 heavy (non-hydrogen) atoms. The number of Topliss-reactive ketones (excluding diaryl/α,β-unsaturated/α-hetero) is 1. The molecule has 5 rings (SSSR count). The molecular weight excluding hydrogens is 436 g/mol. The van der Waals surface area contributed by atoms with E-state index in [1.54, 1.807) is 36.4 Å². The van der Waals surface area contributed by atoms with Crippen LogP contribution in [0.1, 0.15) is 50.0 Å². The molecule has 7 heteroatoms. The number of allylic oxidation sites excluding steroid dienone is 1. The first-order valence-electron chi connectivity index (χ1n) is 11.3. The summed E-state index contributed by atoms with van der Waals surface area (Å²) in [4.78, 5) is 13.4. The Hall–Kier alpha value is -3.32. The maximum Gasteiger partial charge on any atom is 0.265 e. The monoisotopic (exact) mass is 462 g/mol. The number of rotatable bonds is 5. The summed E-state index contributed by atoms with van der Waals surface area (Å²) < 4.78 is 35.5. The molecule has 0 saturated carbocycles. The zero-order valence-electron chi connectivity index (χ0n) is 18.5. The molecule has 0 radical (unpaired) electrons. The minimum absolute atomic E-state index is 0.0588. The van der Waals surface area contributed by atoms with Crippen molar-refractivity contribution in [1.82, 2.24) is 0 Å². The van der Waals surface area contributed by atoms with Crippen LogP contribution in [0.25, 0.3) is 0 Å². The molecule has 1 aliphatic heterocycles. The highest BCUT2D eigenvalue weighted by molar-refractivity contribution is 7.92. The summed E-state index contributed by atoms with van der Waals surface area (Å²) in [6, 6.07) is 16.9. The minimum Gasteiger partial charge on any atom is -0.467 e. The fraction of sp³-hybridized carbons (Fsp3) is 0.269. The smallest absolute Gasteiger partial charge is 0.265 e. The molecule has 1 aromatic heterocycles. The van der Waals surface area contributed by atoms with Gasteiger partial charge in [-0.1, -0.05) is 37.6 Å². The van der Waals surface area contributed by atoms with Gasteiger partial charge < -0.3 is 9.73 Å². The Labute approximate surface area is 194 Å². The van der Waals surface area contributed by atoms with Gasteiger partial charge in [0.15, 0.2) is 5.78 Å². The maximum atomic E-state index is 14.2. The lowest BCUT2D eigenvalue weighted by molar-refractivity contribution is -0.116. The van der Waals surface area contributed by atoms with E-state index in [1.807, 2.05) is 24.3 Å². The van der Waals surface area contributed by atoms with Gasteiger partial charge in [-0.25, -0.2) is 12.7 Å². The summed E-state index contributed by atoms with van der Waals surface area (Å²) in [6.45, 7) is 2.09. The number of aryl methyl sites for hydroxylation is 1. The summed E-state index contributed by atoms with van der Waals surface area (Å²) in [6.07, 6.45) is 5.16. The highest BCUT2D eigenvalue weighted by Gasteiger charge is 2.43. The van der Waals surface area contributed by atoms with Crippen LogP contribution in [-0.4, -0.2) is 14.2 Å². The Morgan fingerprint density at radius 2 is 1.82 bits per heavy atom. The van der Waals surface area contributed by atoms with Crippen molar-refractivity contribution < 1.29 is 17.6 Å². The molecule has 3 aromatic rings. The van der Waals surface area contributed by atoms with Gasteiger partial charge in [-0.05, 0) is 61.2 Å². The second kappa shape index (κ2) is 8.56. The Balaban J connectivity index is 1.75. The largest absolute Gasteiger partial charge is 0.467 e. The average molecular weight is 463 g/mol. The topological polar surface area (TPSA) is 79.6 Å². The molecular formula is C26H26N2O4S. The van der Waals surface area contributed by atoms with E-state index in [0.717, 1.165) is 30.5 Å². The van der Waals surface area contributed by atoms with E-state index in [4.69, 9.17) is 4.42 Å². The summed E-state index contributed by atoms with van der Waals surface area (Å²) in [7, 11) is -4.03. The molecule has 0 spiro atoms. The second-order valence-electron chi connectivity index (χ2n) is 8.42. The van der Waals surface area contributed by atoms with E-state index in [-0.39, 0.29) is 10.7 Å². The minimum atomic E-state index is -4.03. The SMILES string of the molecule is CCCc1ccc(S(=O)(=O)N2c3ccccc3NC3=C(C(=O)CCC3)[C@H]2c2ccco2)cc1. The Bertz CT molecular complexity index is 1310. The van der Waals surface area contributed by atoms with Crippen molar-refractivity contribution in [2.75, 3.05) is 9.62 Å². The van der Waals surface area contributed by atoms with Gasteiger partial charge in [-0.15, -0.1) is 0 Å². The van der Waals surface area contributed by atoms with Crippen molar-refractivity contribution in [1.29, 1.82) is 0 Å². The molecule has 2 aromatic carbocycles. The van der Waals surface area contributed by atoms with Crippen LogP contribution in [0, 0.1) is 0 Å². The van der Waals surface area contributed by atoms with E-state index < -0.39 is 16.1 Å².